The van der Waals surface area contributed by atoms with Gasteiger partial charge in [0.25, 0.3) is 0 Å². The molecule has 1 heterocycles. The molecule has 1 rings (SSSR count). The van der Waals surface area contributed by atoms with Gasteiger partial charge in [-0.1, -0.05) is 0 Å². The summed E-state index contributed by atoms with van der Waals surface area (Å²) in [6.45, 7) is 3.49. The highest BCUT2D eigenvalue weighted by Crippen LogP contribution is 2.29. The van der Waals surface area contributed by atoms with Crippen LogP contribution < -0.4 is 22.9 Å². The molecule has 5 nitrogen and oxygen atoms in total. The molecule has 11 heavy (non-hydrogen) atoms. The third-order valence-corrected chi connectivity index (χ3v) is 2.07. The van der Waals surface area contributed by atoms with E-state index < -0.39 is 11.7 Å². The zero-order chi connectivity index (χ0) is 8.86. The van der Waals surface area contributed by atoms with E-state index in [0.29, 0.717) is 11.1 Å². The van der Waals surface area contributed by atoms with E-state index in [1.54, 1.807) is 13.8 Å². The zero-order valence-electron chi connectivity index (χ0n) is 6.72. The summed E-state index contributed by atoms with van der Waals surface area (Å²) in [5, 5.41) is 0. The van der Waals surface area contributed by atoms with Crippen LogP contribution >= 0.6 is 0 Å². The van der Waals surface area contributed by atoms with E-state index in [1.165, 1.54) is 0 Å². The average molecular weight is 158 g/mol. The molecule has 0 fully saturated rings. The van der Waals surface area contributed by atoms with Crippen molar-refractivity contribution in [2.75, 3.05) is 0 Å². The van der Waals surface area contributed by atoms with Gasteiger partial charge in [-0.2, -0.15) is 0 Å². The Hall–Kier alpha value is -0.460. The topological polar surface area (TPSA) is 113 Å². The van der Waals surface area contributed by atoms with Crippen molar-refractivity contribution < 1.29 is 4.74 Å². The van der Waals surface area contributed by atoms with Crippen LogP contribution in [-0.2, 0) is 4.74 Å². The highest BCUT2D eigenvalue weighted by Gasteiger charge is 2.43. The largest absolute Gasteiger partial charge is 0.306 e. The Morgan fingerprint density at radius 2 is 1.18 bits per heavy atom. The van der Waals surface area contributed by atoms with Gasteiger partial charge in [-0.05, 0) is 25.0 Å². The molecule has 0 spiro atoms. The van der Waals surface area contributed by atoms with Gasteiger partial charge >= 0.3 is 0 Å². The summed E-state index contributed by atoms with van der Waals surface area (Å²) in [5.74, 6) is -2.62. The number of hydrogen-bond acceptors (Lipinski definition) is 5. The third kappa shape index (κ3) is 1.17. The van der Waals surface area contributed by atoms with Crippen molar-refractivity contribution in [1.29, 1.82) is 0 Å². The maximum Gasteiger partial charge on any atom is 0.196 e. The number of hydrogen-bond donors (Lipinski definition) is 4. The van der Waals surface area contributed by atoms with Gasteiger partial charge in [-0.15, -0.1) is 0 Å². The van der Waals surface area contributed by atoms with Crippen molar-refractivity contribution in [2.45, 2.75) is 25.5 Å². The zero-order valence-corrected chi connectivity index (χ0v) is 6.72. The van der Waals surface area contributed by atoms with Gasteiger partial charge in [0.2, 0.25) is 0 Å². The molecule has 0 unspecified atom stereocenters. The second-order valence-corrected chi connectivity index (χ2v) is 2.94. The van der Waals surface area contributed by atoms with Gasteiger partial charge in [0.15, 0.2) is 11.7 Å². The van der Waals surface area contributed by atoms with E-state index in [0.717, 1.165) is 0 Å². The van der Waals surface area contributed by atoms with Crippen LogP contribution in [0.15, 0.2) is 11.1 Å². The average Bonchev–Trinajstić information content (AvgIpc) is 1.91. The fourth-order valence-electron chi connectivity index (χ4n) is 1.02. The Bertz CT molecular complexity index is 197. The Morgan fingerprint density at radius 3 is 1.27 bits per heavy atom. The third-order valence-electron chi connectivity index (χ3n) is 2.07. The van der Waals surface area contributed by atoms with Crippen LogP contribution in [0.4, 0.5) is 0 Å². The van der Waals surface area contributed by atoms with Gasteiger partial charge in [-0.25, -0.2) is 0 Å². The molecule has 8 N–H and O–H groups in total. The summed E-state index contributed by atoms with van der Waals surface area (Å²) in [7, 11) is 0. The normalized spacial score (nSPS) is 27.8. The predicted octanol–water partition coefficient (Wildman–Crippen LogP) is -1.50. The van der Waals surface area contributed by atoms with Crippen LogP contribution in [0.2, 0.25) is 0 Å². The summed E-state index contributed by atoms with van der Waals surface area (Å²) < 4.78 is 5.00. The molecule has 0 saturated carbocycles. The minimum atomic E-state index is -1.31. The SMILES string of the molecule is CC1=C(C)C(N)(N)OC1(N)N. The second-order valence-electron chi connectivity index (χ2n) is 2.94. The standard InChI is InChI=1S/C6H14N4O/c1-3-4(2)6(9,10)11-5(3,7)8/h7-10H2,1-2H3. The maximum atomic E-state index is 5.53. The lowest BCUT2D eigenvalue weighted by molar-refractivity contribution is -0.0838. The molecule has 0 radical (unpaired) electrons. The molecule has 0 saturated heterocycles. The second kappa shape index (κ2) is 2.02. The maximum absolute atomic E-state index is 5.53. The lowest BCUT2D eigenvalue weighted by Crippen LogP contribution is -2.59. The molecule has 0 atom stereocenters. The molecule has 5 heteroatoms. The fourth-order valence-corrected chi connectivity index (χ4v) is 1.02. The van der Waals surface area contributed by atoms with Crippen molar-refractivity contribution in [2.24, 2.45) is 22.9 Å². The Kier molecular flexibility index (Phi) is 1.59. The summed E-state index contributed by atoms with van der Waals surface area (Å²) in [6.07, 6.45) is 0. The first-order valence-electron chi connectivity index (χ1n) is 3.31. The molecular weight excluding hydrogens is 144 g/mol. The van der Waals surface area contributed by atoms with Gasteiger partial charge in [0.05, 0.1) is 0 Å². The molecule has 0 amide bonds. The first-order chi connectivity index (χ1) is 4.77. The van der Waals surface area contributed by atoms with Crippen molar-refractivity contribution in [3.63, 3.8) is 0 Å². The molecule has 0 aromatic carbocycles. The van der Waals surface area contributed by atoms with Crippen LogP contribution in [0.25, 0.3) is 0 Å². The van der Waals surface area contributed by atoms with Crippen LogP contribution in [0.3, 0.4) is 0 Å². The molecule has 1 aliphatic rings. The van der Waals surface area contributed by atoms with Crippen LogP contribution in [0, 0.1) is 0 Å². The first kappa shape index (κ1) is 8.63. The van der Waals surface area contributed by atoms with Gasteiger partial charge in [-0.3, -0.25) is 22.9 Å². The van der Waals surface area contributed by atoms with E-state index in [-0.39, 0.29) is 0 Å². The molecular formula is C6H14N4O. The minimum Gasteiger partial charge on any atom is -0.306 e. The quantitative estimate of drug-likeness (QED) is 0.253. The Labute approximate surface area is 65.3 Å². The van der Waals surface area contributed by atoms with Crippen molar-refractivity contribution in [3.8, 4) is 0 Å². The highest BCUT2D eigenvalue weighted by molar-refractivity contribution is 5.29. The van der Waals surface area contributed by atoms with Crippen molar-refractivity contribution in [1.82, 2.24) is 0 Å². The monoisotopic (exact) mass is 158 g/mol. The molecule has 64 valence electrons. The van der Waals surface area contributed by atoms with Crippen molar-refractivity contribution >= 4 is 0 Å². The van der Waals surface area contributed by atoms with Crippen LogP contribution in [-0.4, -0.2) is 11.7 Å². The van der Waals surface area contributed by atoms with E-state index in [1.807, 2.05) is 0 Å². The Morgan fingerprint density at radius 1 is 0.909 bits per heavy atom. The minimum absolute atomic E-state index is 0.683. The molecule has 0 aromatic heterocycles. The van der Waals surface area contributed by atoms with E-state index in [4.69, 9.17) is 27.7 Å². The summed E-state index contributed by atoms with van der Waals surface area (Å²) in [6, 6.07) is 0. The summed E-state index contributed by atoms with van der Waals surface area (Å²) >= 11 is 0. The van der Waals surface area contributed by atoms with Crippen LogP contribution in [0.1, 0.15) is 13.8 Å². The van der Waals surface area contributed by atoms with Crippen molar-refractivity contribution in [3.05, 3.63) is 11.1 Å². The lowest BCUT2D eigenvalue weighted by atomic mass is 10.1. The predicted molar refractivity (Wildman–Crippen MR) is 41.7 cm³/mol. The van der Waals surface area contributed by atoms with E-state index in [9.17, 15) is 0 Å². The lowest BCUT2D eigenvalue weighted by Gasteiger charge is -2.25. The Balaban J connectivity index is 3.09. The summed E-state index contributed by atoms with van der Waals surface area (Å²) in [5.41, 5.74) is 23.5. The molecule has 1 aliphatic heterocycles. The van der Waals surface area contributed by atoms with Gasteiger partial charge in [0.1, 0.15) is 0 Å². The number of rotatable bonds is 0. The fraction of sp³-hybridized carbons (Fsp3) is 0.667. The molecule has 0 aromatic rings. The smallest absolute Gasteiger partial charge is 0.196 e. The molecule has 0 aliphatic carbocycles. The van der Waals surface area contributed by atoms with Gasteiger partial charge < -0.3 is 4.74 Å². The van der Waals surface area contributed by atoms with E-state index in [2.05, 4.69) is 0 Å². The van der Waals surface area contributed by atoms with Crippen LogP contribution in [0.5, 0.6) is 0 Å². The van der Waals surface area contributed by atoms with E-state index >= 15 is 0 Å². The number of ether oxygens (including phenoxy) is 1. The van der Waals surface area contributed by atoms with Gasteiger partial charge in [0, 0.05) is 0 Å². The molecule has 0 bridgehead atoms. The summed E-state index contributed by atoms with van der Waals surface area (Å²) in [4.78, 5) is 0. The first-order valence-corrected chi connectivity index (χ1v) is 3.31. The number of nitrogens with two attached hydrogens (primary N) is 4. The highest BCUT2D eigenvalue weighted by atomic mass is 16.6.